The molecule has 16 heteroatoms. The molecule has 3 aliphatic rings. The minimum atomic E-state index is -4.61. The van der Waals surface area contributed by atoms with Crippen molar-refractivity contribution in [1.29, 1.82) is 0 Å². The predicted octanol–water partition coefficient (Wildman–Crippen LogP) is 5.53. The summed E-state index contributed by atoms with van der Waals surface area (Å²) in [5, 5.41) is 19.1. The van der Waals surface area contributed by atoms with Gasteiger partial charge in [-0.2, -0.15) is 18.3 Å². The number of halogens is 4. The van der Waals surface area contributed by atoms with Gasteiger partial charge in [0.1, 0.15) is 36.8 Å². The topological polar surface area (TPSA) is 125 Å². The Bertz CT molecular complexity index is 2080. The lowest BCUT2D eigenvalue weighted by atomic mass is 9.89. The molecule has 3 aliphatic heterocycles. The van der Waals surface area contributed by atoms with Crippen LogP contribution in [-0.2, 0) is 26.3 Å². The molecule has 0 unspecified atom stereocenters. The van der Waals surface area contributed by atoms with Crippen LogP contribution in [0, 0.1) is 5.92 Å². The van der Waals surface area contributed by atoms with Crippen LogP contribution in [0.2, 0.25) is 5.02 Å². The monoisotopic (exact) mass is 823 g/mol. The van der Waals surface area contributed by atoms with Gasteiger partial charge in [0.25, 0.3) is 0 Å². The number of para-hydroxylation sites is 1. The van der Waals surface area contributed by atoms with Crippen molar-refractivity contribution in [3.8, 4) is 11.4 Å². The largest absolute Gasteiger partial charge is 0.490 e. The van der Waals surface area contributed by atoms with Crippen LogP contribution < -0.4 is 10.1 Å². The first-order valence-electron chi connectivity index (χ1n) is 19.5. The molecule has 12 nitrogen and oxygen atoms in total. The van der Waals surface area contributed by atoms with E-state index < -0.39 is 60.1 Å². The summed E-state index contributed by atoms with van der Waals surface area (Å²) in [5.41, 5.74) is 1.34. The van der Waals surface area contributed by atoms with Gasteiger partial charge < -0.3 is 24.8 Å². The molecule has 4 aromatic rings. The average molecular weight is 824 g/mol. The van der Waals surface area contributed by atoms with Crippen LogP contribution in [0.5, 0.6) is 5.75 Å². The quantitative estimate of drug-likeness (QED) is 0.190. The number of aliphatic hydroxyl groups excluding tert-OH is 1. The molecule has 2 amide bonds. The number of rotatable bonds is 12. The maximum absolute atomic E-state index is 14.9. The fourth-order valence-corrected chi connectivity index (χ4v) is 8.68. The third-order valence-corrected chi connectivity index (χ3v) is 11.6. The number of β-amino-alcohol motifs (C(OH)–C–C–N with tert-alkyl or cyclic N) is 1. The van der Waals surface area contributed by atoms with E-state index in [2.05, 4.69) is 10.3 Å². The molecule has 0 radical (unpaired) electrons. The summed E-state index contributed by atoms with van der Waals surface area (Å²) in [7, 11) is 0. The number of carbonyl (C=O) groups excluding carboxylic acids is 2. The molecule has 2 saturated heterocycles. The number of pyridine rings is 1. The number of fused-ring (bicyclic) bond motifs is 3. The Kier molecular flexibility index (Phi) is 11.9. The molecule has 0 bridgehead atoms. The zero-order valence-corrected chi connectivity index (χ0v) is 33.7. The van der Waals surface area contributed by atoms with Gasteiger partial charge in [-0.3, -0.25) is 24.4 Å². The molecule has 2 fully saturated rings. The highest BCUT2D eigenvalue weighted by Gasteiger charge is 2.54. The summed E-state index contributed by atoms with van der Waals surface area (Å²) in [6.45, 7) is 7.07. The number of aromatic nitrogens is 3. The van der Waals surface area contributed by atoms with Gasteiger partial charge in [-0.1, -0.05) is 60.1 Å². The number of alkyl halides is 3. The lowest BCUT2D eigenvalue weighted by Crippen LogP contribution is -2.63. The molecule has 5 heterocycles. The summed E-state index contributed by atoms with van der Waals surface area (Å²) in [5.74, 6) is -1.02. The van der Waals surface area contributed by atoms with E-state index in [1.165, 1.54) is 6.20 Å². The minimum Gasteiger partial charge on any atom is -0.490 e. The fraction of sp³-hybridized carbons (Fsp3) is 0.476. The first-order valence-corrected chi connectivity index (χ1v) is 19.8. The van der Waals surface area contributed by atoms with Crippen LogP contribution in [-0.4, -0.2) is 116 Å². The molecule has 0 aliphatic carbocycles. The van der Waals surface area contributed by atoms with E-state index in [0.717, 1.165) is 11.1 Å². The number of carbonyl (C=O) groups is 2. The summed E-state index contributed by atoms with van der Waals surface area (Å²) in [6, 6.07) is 19.2. The molecule has 0 saturated carbocycles. The van der Waals surface area contributed by atoms with Gasteiger partial charge in [0.05, 0.1) is 40.3 Å². The molecule has 2 N–H and O–H groups in total. The predicted molar refractivity (Wildman–Crippen MR) is 210 cm³/mol. The molecule has 2 aromatic carbocycles. The third-order valence-electron chi connectivity index (χ3n) is 11.4. The molecule has 7 rings (SSSR count). The van der Waals surface area contributed by atoms with E-state index in [1.54, 1.807) is 32.9 Å². The Balaban J connectivity index is 1.12. The van der Waals surface area contributed by atoms with Crippen molar-refractivity contribution >= 4 is 23.4 Å². The maximum atomic E-state index is 14.9. The smallest absolute Gasteiger partial charge is 0.405 e. The van der Waals surface area contributed by atoms with Gasteiger partial charge in [-0.25, -0.2) is 4.68 Å². The molecule has 2 aromatic heterocycles. The molecule has 0 spiro atoms. The standard InChI is InChI=1S/C42H49ClF3N7O5/c1-40(2,36-14-15-52(49-36)30-20-29(43)21-47-22-30)51-17-16-50(33(24-51)38(55)48-26-42(44,45)46)23-31(54)19-28(18-27-10-6-5-7-11-27)39(56)53-37-32-12-8-9-13-34(32)57-25-35(37)58-41(53,3)4/h5-15,20-22,28,31,33,35,37,54H,16-19,23-26H2,1-4H3,(H,48,55)/t28-,31+,33+,35-,37+/m1/s1. The van der Waals surface area contributed by atoms with Gasteiger partial charge in [-0.15, -0.1) is 0 Å². The van der Waals surface area contributed by atoms with Gasteiger partial charge in [0, 0.05) is 50.1 Å². The number of nitrogens with zero attached hydrogens (tertiary/aromatic N) is 6. The van der Waals surface area contributed by atoms with Crippen molar-refractivity contribution in [2.45, 2.75) is 82.3 Å². The third kappa shape index (κ3) is 9.03. The van der Waals surface area contributed by atoms with Crippen molar-refractivity contribution in [3.63, 3.8) is 0 Å². The van der Waals surface area contributed by atoms with E-state index in [9.17, 15) is 27.9 Å². The number of hydrogen-bond donors (Lipinski definition) is 2. The van der Waals surface area contributed by atoms with Crippen molar-refractivity contribution in [2.24, 2.45) is 5.92 Å². The number of nitrogens with one attached hydrogen (secondary N) is 1. The summed E-state index contributed by atoms with van der Waals surface area (Å²) in [4.78, 5) is 38.2. The lowest BCUT2D eigenvalue weighted by molar-refractivity contribution is -0.153. The van der Waals surface area contributed by atoms with E-state index >= 15 is 0 Å². The van der Waals surface area contributed by atoms with E-state index in [1.807, 2.05) is 93.3 Å². The summed E-state index contributed by atoms with van der Waals surface area (Å²) < 4.78 is 54.1. The van der Waals surface area contributed by atoms with Crippen LogP contribution >= 0.6 is 11.6 Å². The number of piperazine rings is 1. The Morgan fingerprint density at radius 3 is 2.53 bits per heavy atom. The number of amides is 2. The zero-order chi connectivity index (χ0) is 41.4. The Labute approximate surface area is 340 Å². The van der Waals surface area contributed by atoms with E-state index in [-0.39, 0.29) is 38.6 Å². The lowest BCUT2D eigenvalue weighted by Gasteiger charge is -2.47. The highest BCUT2D eigenvalue weighted by Crippen LogP contribution is 2.48. The van der Waals surface area contributed by atoms with Crippen molar-refractivity contribution < 1.29 is 37.3 Å². The fourth-order valence-electron chi connectivity index (χ4n) is 8.51. The SMILES string of the molecule is CC1(C)O[C@@H]2COc3ccccc3[C@@H]2N1C(=O)[C@H](Cc1ccccc1)C[C@H](O)CN1CCN(C(C)(C)c2ccn(-c3cncc(Cl)c3)n2)C[C@H]1C(=O)NCC(F)(F)F. The first kappa shape index (κ1) is 41.6. The van der Waals surface area contributed by atoms with Gasteiger partial charge >= 0.3 is 6.18 Å². The molecule has 5 atom stereocenters. The Morgan fingerprint density at radius 2 is 1.79 bits per heavy atom. The van der Waals surface area contributed by atoms with Gasteiger partial charge in [0.15, 0.2) is 0 Å². The van der Waals surface area contributed by atoms with Crippen LogP contribution in [0.4, 0.5) is 13.2 Å². The van der Waals surface area contributed by atoms with Gasteiger partial charge in [-0.05, 0) is 64.3 Å². The van der Waals surface area contributed by atoms with Crippen molar-refractivity contribution in [2.75, 3.05) is 39.3 Å². The Hall–Kier alpha value is -4.54. The Morgan fingerprint density at radius 1 is 1.05 bits per heavy atom. The van der Waals surface area contributed by atoms with Crippen LogP contribution in [0.15, 0.2) is 85.3 Å². The highest BCUT2D eigenvalue weighted by molar-refractivity contribution is 6.30. The highest BCUT2D eigenvalue weighted by atomic mass is 35.5. The van der Waals surface area contributed by atoms with Crippen LogP contribution in [0.25, 0.3) is 5.69 Å². The number of hydrogen-bond acceptors (Lipinski definition) is 9. The average Bonchev–Trinajstić information content (AvgIpc) is 3.79. The second-order valence-corrected chi connectivity index (χ2v) is 16.7. The van der Waals surface area contributed by atoms with Crippen LogP contribution in [0.3, 0.4) is 0 Å². The van der Waals surface area contributed by atoms with Crippen LogP contribution in [0.1, 0.15) is 57.0 Å². The summed E-state index contributed by atoms with van der Waals surface area (Å²) in [6.07, 6.45) is -0.838. The molecular weight excluding hydrogens is 775 g/mol. The van der Waals surface area contributed by atoms with E-state index in [0.29, 0.717) is 35.1 Å². The van der Waals surface area contributed by atoms with Crippen molar-refractivity contribution in [1.82, 2.24) is 34.8 Å². The second-order valence-electron chi connectivity index (χ2n) is 16.2. The maximum Gasteiger partial charge on any atom is 0.405 e. The number of aliphatic hydroxyl groups is 1. The second kappa shape index (κ2) is 16.6. The minimum absolute atomic E-state index is 0.0359. The number of ether oxygens (including phenoxy) is 2. The van der Waals surface area contributed by atoms with Gasteiger partial charge in [0.2, 0.25) is 11.8 Å². The first-order chi connectivity index (χ1) is 27.5. The molecule has 58 heavy (non-hydrogen) atoms. The zero-order valence-electron chi connectivity index (χ0n) is 32.9. The molecule has 310 valence electrons. The van der Waals surface area contributed by atoms with E-state index in [4.69, 9.17) is 26.2 Å². The van der Waals surface area contributed by atoms with Crippen molar-refractivity contribution in [3.05, 3.63) is 107 Å². The molecular formula is C42H49ClF3N7O5. The number of benzene rings is 2. The summed E-state index contributed by atoms with van der Waals surface area (Å²) >= 11 is 6.15. The normalized spacial score (nSPS) is 22.1.